The van der Waals surface area contributed by atoms with Gasteiger partial charge in [-0.05, 0) is 49.3 Å². The van der Waals surface area contributed by atoms with Gasteiger partial charge in [0.2, 0.25) is 0 Å². The van der Waals surface area contributed by atoms with Crippen LogP contribution in [0.2, 0.25) is 0 Å². The first kappa shape index (κ1) is 15.5. The van der Waals surface area contributed by atoms with Crippen LogP contribution < -0.4 is 5.43 Å². The van der Waals surface area contributed by atoms with Crippen molar-refractivity contribution in [3.05, 3.63) is 36.1 Å². The van der Waals surface area contributed by atoms with Crippen molar-refractivity contribution in [2.75, 3.05) is 18.5 Å². The molecular formula is C16H23N7. The summed E-state index contributed by atoms with van der Waals surface area (Å²) in [5, 5.41) is 17.7. The molecule has 0 spiro atoms. The maximum absolute atomic E-state index is 4.27. The topological polar surface area (TPSA) is 82.1 Å². The van der Waals surface area contributed by atoms with Crippen molar-refractivity contribution in [3.8, 4) is 0 Å². The molecule has 1 aliphatic heterocycles. The molecule has 0 aromatic carbocycles. The molecule has 1 fully saturated rings. The number of aromatic amines is 1. The highest BCUT2D eigenvalue weighted by atomic mass is 15.5. The van der Waals surface area contributed by atoms with Gasteiger partial charge in [0.1, 0.15) is 0 Å². The van der Waals surface area contributed by atoms with Crippen LogP contribution >= 0.6 is 0 Å². The quantitative estimate of drug-likeness (QED) is 0.644. The normalized spacial score (nSPS) is 19.6. The van der Waals surface area contributed by atoms with E-state index in [2.05, 4.69) is 60.9 Å². The first-order chi connectivity index (χ1) is 11.2. The molecule has 2 aliphatic rings. The van der Waals surface area contributed by atoms with E-state index in [0.717, 1.165) is 24.5 Å². The van der Waals surface area contributed by atoms with Gasteiger partial charge in [-0.2, -0.15) is 10.3 Å². The maximum Gasteiger partial charge on any atom is 0.283 e. The largest absolute Gasteiger partial charge is 0.370 e. The van der Waals surface area contributed by atoms with Gasteiger partial charge >= 0.3 is 0 Å². The molecule has 2 heterocycles. The third-order valence-corrected chi connectivity index (χ3v) is 4.46. The molecule has 122 valence electrons. The van der Waals surface area contributed by atoms with Crippen LogP contribution in [0.25, 0.3) is 0 Å². The summed E-state index contributed by atoms with van der Waals surface area (Å²) in [6.07, 6.45) is 11.7. The van der Waals surface area contributed by atoms with Crippen molar-refractivity contribution >= 4 is 11.7 Å². The van der Waals surface area contributed by atoms with Crippen LogP contribution in [0.15, 0.2) is 41.2 Å². The first-order valence-corrected chi connectivity index (χ1v) is 8.08. The van der Waals surface area contributed by atoms with E-state index in [1.807, 2.05) is 6.92 Å². The van der Waals surface area contributed by atoms with Crippen molar-refractivity contribution in [3.63, 3.8) is 0 Å². The van der Waals surface area contributed by atoms with Gasteiger partial charge in [0, 0.05) is 13.1 Å². The number of tetrazole rings is 1. The molecule has 7 heteroatoms. The van der Waals surface area contributed by atoms with Crippen LogP contribution in [0.4, 0.5) is 5.95 Å². The number of nitrogens with one attached hydrogen (secondary N) is 2. The Hall–Kier alpha value is -2.44. The van der Waals surface area contributed by atoms with Gasteiger partial charge in [0.15, 0.2) is 0 Å². The Balaban J connectivity index is 1.52. The second-order valence-electron chi connectivity index (χ2n) is 5.94. The molecule has 0 radical (unpaired) electrons. The molecule has 0 bridgehead atoms. The third-order valence-electron chi connectivity index (χ3n) is 4.46. The van der Waals surface area contributed by atoms with Gasteiger partial charge in [0.05, 0.1) is 11.4 Å². The van der Waals surface area contributed by atoms with Crippen molar-refractivity contribution in [1.82, 2.24) is 25.5 Å². The minimum atomic E-state index is 0.354. The molecule has 0 amide bonds. The summed E-state index contributed by atoms with van der Waals surface area (Å²) in [5.74, 6) is 1.04. The smallest absolute Gasteiger partial charge is 0.283 e. The number of piperidine rings is 1. The predicted molar refractivity (Wildman–Crippen MR) is 90.8 cm³/mol. The van der Waals surface area contributed by atoms with E-state index in [1.54, 1.807) is 0 Å². The van der Waals surface area contributed by atoms with Gasteiger partial charge in [-0.25, -0.2) is 5.43 Å². The van der Waals surface area contributed by atoms with Crippen LogP contribution in [-0.4, -0.2) is 44.3 Å². The Morgan fingerprint density at radius 2 is 2.22 bits per heavy atom. The zero-order valence-electron chi connectivity index (χ0n) is 13.5. The van der Waals surface area contributed by atoms with Gasteiger partial charge in [-0.15, -0.1) is 5.10 Å². The lowest BCUT2D eigenvalue weighted by Gasteiger charge is -2.35. The first-order valence-electron chi connectivity index (χ1n) is 8.08. The summed E-state index contributed by atoms with van der Waals surface area (Å²) in [7, 11) is 0. The summed E-state index contributed by atoms with van der Waals surface area (Å²) in [5.41, 5.74) is 6.08. The summed E-state index contributed by atoms with van der Waals surface area (Å²) in [6.45, 7) is 8.15. The number of allylic oxidation sites excluding steroid dienone is 5. The fourth-order valence-electron chi connectivity index (χ4n) is 3.06. The highest BCUT2D eigenvalue weighted by Gasteiger charge is 2.23. The zero-order chi connectivity index (χ0) is 16.1. The van der Waals surface area contributed by atoms with E-state index < -0.39 is 0 Å². The molecule has 0 atom stereocenters. The second-order valence-corrected chi connectivity index (χ2v) is 5.94. The molecule has 1 aromatic rings. The molecule has 7 nitrogen and oxygen atoms in total. The van der Waals surface area contributed by atoms with E-state index >= 15 is 0 Å². The van der Waals surface area contributed by atoms with E-state index in [4.69, 9.17) is 0 Å². The second kappa shape index (κ2) is 7.21. The van der Waals surface area contributed by atoms with Gasteiger partial charge < -0.3 is 4.90 Å². The van der Waals surface area contributed by atoms with Crippen molar-refractivity contribution in [2.45, 2.75) is 32.6 Å². The van der Waals surface area contributed by atoms with Crippen LogP contribution in [0.5, 0.6) is 0 Å². The fraction of sp³-hybridized carbons (Fsp3) is 0.500. The number of likely N-dealkylation sites (tertiary alicyclic amines) is 1. The predicted octanol–water partition coefficient (Wildman–Crippen LogP) is 2.49. The molecule has 1 saturated heterocycles. The monoisotopic (exact) mass is 313 g/mol. The van der Waals surface area contributed by atoms with Crippen LogP contribution in [0, 0.1) is 5.92 Å². The average Bonchev–Trinajstić information content (AvgIpc) is 3.13. The van der Waals surface area contributed by atoms with Crippen molar-refractivity contribution in [2.24, 2.45) is 11.0 Å². The number of nitrogens with zero attached hydrogens (tertiary/aromatic N) is 5. The number of hydrazone groups is 1. The number of hydrogen-bond donors (Lipinski definition) is 2. The van der Waals surface area contributed by atoms with Gasteiger partial charge in [0.25, 0.3) is 5.95 Å². The van der Waals surface area contributed by atoms with Gasteiger partial charge in [-0.1, -0.05) is 29.9 Å². The SMILES string of the molecule is C=C(/C(C)=N/Nc1nn[nH]n1)N1CCC(C2=CCCC=C2)CC1. The van der Waals surface area contributed by atoms with E-state index in [9.17, 15) is 0 Å². The van der Waals surface area contributed by atoms with Crippen LogP contribution in [0.1, 0.15) is 32.6 Å². The lowest BCUT2D eigenvalue weighted by Crippen LogP contribution is -2.35. The van der Waals surface area contributed by atoms with Crippen molar-refractivity contribution in [1.29, 1.82) is 0 Å². The molecule has 1 aliphatic carbocycles. The number of H-pyrrole nitrogens is 1. The van der Waals surface area contributed by atoms with E-state index in [-0.39, 0.29) is 0 Å². The zero-order valence-corrected chi connectivity index (χ0v) is 13.5. The number of hydrogen-bond acceptors (Lipinski definition) is 6. The Morgan fingerprint density at radius 3 is 2.87 bits per heavy atom. The Kier molecular flexibility index (Phi) is 4.85. The van der Waals surface area contributed by atoms with E-state index in [1.165, 1.54) is 31.3 Å². The molecule has 3 rings (SSSR count). The summed E-state index contributed by atoms with van der Waals surface area (Å²) >= 11 is 0. The van der Waals surface area contributed by atoms with Crippen LogP contribution in [-0.2, 0) is 0 Å². The average molecular weight is 313 g/mol. The fourth-order valence-corrected chi connectivity index (χ4v) is 3.06. The molecule has 2 N–H and O–H groups in total. The summed E-state index contributed by atoms with van der Waals surface area (Å²) in [4.78, 5) is 2.31. The Bertz CT molecular complexity index is 619. The lowest BCUT2D eigenvalue weighted by atomic mass is 9.86. The minimum absolute atomic E-state index is 0.354. The highest BCUT2D eigenvalue weighted by Crippen LogP contribution is 2.29. The summed E-state index contributed by atoms with van der Waals surface area (Å²) < 4.78 is 0. The summed E-state index contributed by atoms with van der Waals surface area (Å²) in [6, 6.07) is 0. The van der Waals surface area contributed by atoms with E-state index in [0.29, 0.717) is 11.9 Å². The molecule has 0 saturated carbocycles. The number of aromatic nitrogens is 4. The lowest BCUT2D eigenvalue weighted by molar-refractivity contribution is 0.257. The molecule has 0 unspecified atom stereocenters. The number of anilines is 1. The maximum atomic E-state index is 4.27. The Labute approximate surface area is 136 Å². The molecule has 23 heavy (non-hydrogen) atoms. The Morgan fingerprint density at radius 1 is 1.39 bits per heavy atom. The third kappa shape index (κ3) is 3.85. The standard InChI is InChI=1S/C16H23N7/c1-12(17-18-16-19-21-22-20-16)13(2)23-10-8-15(9-11-23)14-6-4-3-5-7-14/h4,6-7,15H,2-3,5,8-11H2,1H3,(H2,18,19,20,21,22)/b17-12+. The van der Waals surface area contributed by atoms with Crippen molar-refractivity contribution < 1.29 is 0 Å². The number of rotatable bonds is 5. The van der Waals surface area contributed by atoms with Gasteiger partial charge in [-0.3, -0.25) is 0 Å². The molecule has 1 aromatic heterocycles. The molecular weight excluding hydrogens is 290 g/mol. The highest BCUT2D eigenvalue weighted by molar-refractivity contribution is 5.97. The van der Waals surface area contributed by atoms with Crippen LogP contribution in [0.3, 0.4) is 0 Å². The minimum Gasteiger partial charge on any atom is -0.370 e.